The summed E-state index contributed by atoms with van der Waals surface area (Å²) in [5, 5.41) is 0.460. The number of unbranched alkanes of at least 4 members (excludes halogenated alkanes) is 2. The van der Waals surface area contributed by atoms with Crippen molar-refractivity contribution in [2.24, 2.45) is 0 Å². The van der Waals surface area contributed by atoms with Crippen LogP contribution in [0.25, 0.3) is 0 Å². The van der Waals surface area contributed by atoms with Gasteiger partial charge in [0.15, 0.2) is 0 Å². The second-order valence-electron chi connectivity index (χ2n) is 5.39. The molecule has 0 spiro atoms. The third-order valence-corrected chi connectivity index (χ3v) is 4.52. The number of halogens is 2. The molecule has 5 nitrogen and oxygen atoms in total. The molecule has 0 saturated heterocycles. The maximum absolute atomic E-state index is 12.1. The highest BCUT2D eigenvalue weighted by Gasteiger charge is 2.21. The highest BCUT2D eigenvalue weighted by Crippen LogP contribution is 2.31. The molecule has 2 aromatic rings. The van der Waals surface area contributed by atoms with Crippen LogP contribution >= 0.6 is 35.2 Å². The Morgan fingerprint density at radius 3 is 2.88 bits per heavy atom. The van der Waals surface area contributed by atoms with Gasteiger partial charge in [-0.15, -0.1) is 0 Å². The molecule has 0 radical (unpaired) electrons. The smallest absolute Gasteiger partial charge is 0.395 e. The van der Waals surface area contributed by atoms with E-state index in [1.807, 2.05) is 4.57 Å². The van der Waals surface area contributed by atoms with Crippen LogP contribution in [0.15, 0.2) is 36.9 Å². The molecule has 0 aliphatic rings. The lowest BCUT2D eigenvalue weighted by Gasteiger charge is -2.19. The number of nitrogens with zero attached hydrogens (tertiary/aromatic N) is 2. The summed E-state index contributed by atoms with van der Waals surface area (Å²) in [6.07, 6.45) is 7.61. The Kier molecular flexibility index (Phi) is 8.61. The molecule has 0 amide bonds. The molecule has 136 valence electrons. The van der Waals surface area contributed by atoms with Crippen molar-refractivity contribution in [3.63, 3.8) is 0 Å². The molecule has 25 heavy (non-hydrogen) atoms. The number of imidazole rings is 1. The van der Waals surface area contributed by atoms with Gasteiger partial charge in [0.05, 0.1) is 19.5 Å². The lowest BCUT2D eigenvalue weighted by atomic mass is 10.1. The van der Waals surface area contributed by atoms with Crippen LogP contribution in [0.4, 0.5) is 4.79 Å². The zero-order valence-corrected chi connectivity index (χ0v) is 16.2. The first-order valence-electron chi connectivity index (χ1n) is 8.01. The average molecular weight is 403 g/mol. The van der Waals surface area contributed by atoms with Crippen molar-refractivity contribution in [2.45, 2.75) is 38.8 Å². The van der Waals surface area contributed by atoms with Gasteiger partial charge in [0, 0.05) is 28.0 Å². The molecule has 2 rings (SSSR count). The molecule has 0 saturated carbocycles. The molecule has 0 aliphatic heterocycles. The standard InChI is InChI=1S/C17H20Cl2N2O3S/c1-2-3-4-9-23-25-17(22)24-16(11-21-8-7-20-12-21)14-6-5-13(18)10-15(14)19/h5-8,10,12,16H,2-4,9,11H2,1H3. The Bertz CT molecular complexity index is 668. The molecule has 8 heteroatoms. The molecular formula is C17H20Cl2N2O3S. The number of rotatable bonds is 9. The summed E-state index contributed by atoms with van der Waals surface area (Å²) < 4.78 is 12.7. The van der Waals surface area contributed by atoms with Crippen LogP contribution in [0.3, 0.4) is 0 Å². The van der Waals surface area contributed by atoms with E-state index in [1.165, 1.54) is 0 Å². The maximum Gasteiger partial charge on any atom is 0.395 e. The van der Waals surface area contributed by atoms with Gasteiger partial charge in [-0.1, -0.05) is 49.0 Å². The molecule has 0 bridgehead atoms. The molecule has 0 N–H and O–H groups in total. The van der Waals surface area contributed by atoms with Crippen molar-refractivity contribution in [1.82, 2.24) is 9.55 Å². The van der Waals surface area contributed by atoms with Crippen molar-refractivity contribution in [3.05, 3.63) is 52.5 Å². The summed E-state index contributed by atoms with van der Waals surface area (Å²) in [7, 11) is 0. The zero-order valence-electron chi connectivity index (χ0n) is 13.9. The Morgan fingerprint density at radius 1 is 1.36 bits per heavy atom. The van der Waals surface area contributed by atoms with E-state index in [0.29, 0.717) is 40.8 Å². The Labute approximate surface area is 161 Å². The van der Waals surface area contributed by atoms with E-state index in [0.717, 1.165) is 19.3 Å². The molecule has 1 aromatic heterocycles. The van der Waals surface area contributed by atoms with Gasteiger partial charge in [0.25, 0.3) is 0 Å². The predicted molar refractivity (Wildman–Crippen MR) is 101 cm³/mol. The predicted octanol–water partition coefficient (Wildman–Crippen LogP) is 5.92. The van der Waals surface area contributed by atoms with E-state index in [1.54, 1.807) is 36.9 Å². The van der Waals surface area contributed by atoms with Crippen LogP contribution < -0.4 is 0 Å². The number of aromatic nitrogens is 2. The zero-order chi connectivity index (χ0) is 18.1. The molecule has 0 fully saturated rings. The fourth-order valence-corrected chi connectivity index (χ4v) is 3.17. The van der Waals surface area contributed by atoms with Crippen LogP contribution in [-0.2, 0) is 15.5 Å². The Morgan fingerprint density at radius 2 is 2.20 bits per heavy atom. The van der Waals surface area contributed by atoms with Crippen molar-refractivity contribution >= 4 is 40.5 Å². The summed E-state index contributed by atoms with van der Waals surface area (Å²) in [5.41, 5.74) is 0.680. The number of hydrogen-bond donors (Lipinski definition) is 0. The van der Waals surface area contributed by atoms with E-state index in [9.17, 15) is 4.79 Å². The normalized spacial score (nSPS) is 12.1. The summed E-state index contributed by atoms with van der Waals surface area (Å²) in [4.78, 5) is 16.1. The van der Waals surface area contributed by atoms with E-state index < -0.39 is 11.4 Å². The Hall–Kier alpha value is -1.21. The first kappa shape index (κ1) is 20.1. The Balaban J connectivity index is 2.00. The highest BCUT2D eigenvalue weighted by atomic mass is 35.5. The first-order valence-corrected chi connectivity index (χ1v) is 9.50. The lowest BCUT2D eigenvalue weighted by Crippen LogP contribution is -2.15. The molecular weight excluding hydrogens is 383 g/mol. The number of benzene rings is 1. The number of hydrogen-bond acceptors (Lipinski definition) is 5. The van der Waals surface area contributed by atoms with E-state index >= 15 is 0 Å². The largest absolute Gasteiger partial charge is 0.446 e. The average Bonchev–Trinajstić information content (AvgIpc) is 3.07. The second-order valence-corrected chi connectivity index (χ2v) is 6.97. The quantitative estimate of drug-likeness (QED) is 0.295. The van der Waals surface area contributed by atoms with E-state index in [4.69, 9.17) is 32.1 Å². The van der Waals surface area contributed by atoms with Gasteiger partial charge in [-0.2, -0.15) is 0 Å². The maximum atomic E-state index is 12.1. The van der Waals surface area contributed by atoms with Crippen LogP contribution in [0.5, 0.6) is 0 Å². The van der Waals surface area contributed by atoms with Gasteiger partial charge in [-0.25, -0.2) is 9.78 Å². The van der Waals surface area contributed by atoms with Crippen molar-refractivity contribution in [2.75, 3.05) is 6.61 Å². The lowest BCUT2D eigenvalue weighted by molar-refractivity contribution is 0.109. The minimum atomic E-state index is -0.571. The molecule has 1 unspecified atom stereocenters. The minimum absolute atomic E-state index is 0.392. The molecule has 0 aliphatic carbocycles. The fraction of sp³-hybridized carbons (Fsp3) is 0.412. The van der Waals surface area contributed by atoms with Gasteiger partial charge in [-0.3, -0.25) is 0 Å². The fourth-order valence-electron chi connectivity index (χ4n) is 2.18. The highest BCUT2D eigenvalue weighted by molar-refractivity contribution is 8.09. The number of carbonyl (C=O) groups is 1. The van der Waals surface area contributed by atoms with Crippen molar-refractivity contribution in [1.29, 1.82) is 0 Å². The summed E-state index contributed by atoms with van der Waals surface area (Å²) >= 11 is 12.9. The van der Waals surface area contributed by atoms with Gasteiger partial charge in [-0.05, 0) is 18.6 Å². The van der Waals surface area contributed by atoms with Crippen molar-refractivity contribution < 1.29 is 13.7 Å². The summed E-state index contributed by atoms with van der Waals surface area (Å²) in [6, 6.07) is 5.10. The number of ether oxygens (including phenoxy) is 1. The molecule has 1 heterocycles. The first-order chi connectivity index (χ1) is 12.1. The third-order valence-electron chi connectivity index (χ3n) is 3.44. The second kappa shape index (κ2) is 10.7. The summed E-state index contributed by atoms with van der Waals surface area (Å²) in [5.74, 6) is 0. The molecule has 1 aromatic carbocycles. The van der Waals surface area contributed by atoms with Crippen molar-refractivity contribution in [3.8, 4) is 0 Å². The molecule has 1 atom stereocenters. The minimum Gasteiger partial charge on any atom is -0.446 e. The van der Waals surface area contributed by atoms with E-state index in [-0.39, 0.29) is 0 Å². The van der Waals surface area contributed by atoms with Gasteiger partial charge < -0.3 is 13.5 Å². The van der Waals surface area contributed by atoms with Crippen LogP contribution in [0.2, 0.25) is 10.0 Å². The van der Waals surface area contributed by atoms with Gasteiger partial charge >= 0.3 is 5.30 Å². The van der Waals surface area contributed by atoms with E-state index in [2.05, 4.69) is 11.9 Å². The number of carbonyl (C=O) groups excluding carboxylic acids is 1. The van der Waals surface area contributed by atoms with Crippen LogP contribution in [-0.4, -0.2) is 21.5 Å². The van der Waals surface area contributed by atoms with Crippen LogP contribution in [0.1, 0.15) is 37.9 Å². The van der Waals surface area contributed by atoms with Gasteiger partial charge in [0.2, 0.25) is 0 Å². The summed E-state index contributed by atoms with van der Waals surface area (Å²) in [6.45, 7) is 3.02. The third kappa shape index (κ3) is 6.90. The van der Waals surface area contributed by atoms with Crippen LogP contribution in [0, 0.1) is 0 Å². The topological polar surface area (TPSA) is 53.4 Å². The monoisotopic (exact) mass is 402 g/mol. The van der Waals surface area contributed by atoms with Gasteiger partial charge in [0.1, 0.15) is 18.1 Å². The SMILES string of the molecule is CCCCCOSC(=O)OC(Cn1ccnc1)c1ccc(Cl)cc1Cl.